The number of sulfonamides is 1. The van der Waals surface area contributed by atoms with E-state index >= 15 is 0 Å². The second-order valence-electron chi connectivity index (χ2n) is 7.07. The molecule has 0 bridgehead atoms. The molecule has 0 saturated heterocycles. The number of benzene rings is 2. The fraction of sp³-hybridized carbons (Fsp3) is 0.350. The van der Waals surface area contributed by atoms with Crippen molar-refractivity contribution in [1.82, 2.24) is 0 Å². The molecular weight excluding hydrogens is 437 g/mol. The maximum Gasteiger partial charge on any atom is 0.416 e. The van der Waals surface area contributed by atoms with E-state index in [1.54, 1.807) is 13.8 Å². The van der Waals surface area contributed by atoms with Crippen molar-refractivity contribution in [2.75, 3.05) is 23.8 Å². The Bertz CT molecular complexity index is 1040. The van der Waals surface area contributed by atoms with Crippen LogP contribution < -0.4 is 14.8 Å². The van der Waals surface area contributed by atoms with Gasteiger partial charge in [-0.2, -0.15) is 13.2 Å². The number of carbonyl (C=O) groups excluding carboxylic acids is 1. The molecule has 0 aliphatic heterocycles. The molecule has 0 heterocycles. The van der Waals surface area contributed by atoms with Crippen molar-refractivity contribution in [1.29, 1.82) is 0 Å². The molecule has 31 heavy (non-hydrogen) atoms. The van der Waals surface area contributed by atoms with E-state index in [0.29, 0.717) is 6.07 Å². The van der Waals surface area contributed by atoms with E-state index in [9.17, 15) is 31.5 Å². The largest absolute Gasteiger partial charge is 0.495 e. The fourth-order valence-electron chi connectivity index (χ4n) is 2.77. The van der Waals surface area contributed by atoms with Gasteiger partial charge in [0.1, 0.15) is 10.6 Å². The predicted octanol–water partition coefficient (Wildman–Crippen LogP) is 3.72. The molecule has 11 heteroatoms. The Morgan fingerprint density at radius 1 is 1.13 bits per heavy atom. The van der Waals surface area contributed by atoms with Crippen LogP contribution in [0.1, 0.15) is 19.4 Å². The van der Waals surface area contributed by atoms with E-state index in [4.69, 9.17) is 4.74 Å². The Morgan fingerprint density at radius 3 is 2.35 bits per heavy atom. The molecule has 2 aromatic carbocycles. The van der Waals surface area contributed by atoms with E-state index in [2.05, 4.69) is 10.0 Å². The SMILES string of the molecule is COc1cc(NC(=O)C(CO)C(C)C)ccc1S(=O)(=O)Nc1cccc(C(F)(F)F)c1. The van der Waals surface area contributed by atoms with Gasteiger partial charge in [0, 0.05) is 17.4 Å². The summed E-state index contributed by atoms with van der Waals surface area (Å²) in [6.45, 7) is 3.19. The van der Waals surface area contributed by atoms with Crippen molar-refractivity contribution < 1.29 is 36.2 Å². The van der Waals surface area contributed by atoms with Crippen molar-refractivity contribution in [2.24, 2.45) is 11.8 Å². The molecule has 1 atom stereocenters. The Morgan fingerprint density at radius 2 is 1.81 bits per heavy atom. The van der Waals surface area contributed by atoms with E-state index < -0.39 is 33.6 Å². The lowest BCUT2D eigenvalue weighted by molar-refractivity contribution is -0.137. The second-order valence-corrected chi connectivity index (χ2v) is 8.72. The summed E-state index contributed by atoms with van der Waals surface area (Å²) in [6, 6.07) is 7.53. The van der Waals surface area contributed by atoms with Crippen LogP contribution >= 0.6 is 0 Å². The first-order valence-electron chi connectivity index (χ1n) is 9.19. The Balaban J connectivity index is 2.31. The number of halogens is 3. The van der Waals surface area contributed by atoms with E-state index in [1.807, 2.05) is 0 Å². The van der Waals surface area contributed by atoms with E-state index in [1.165, 1.54) is 25.3 Å². The van der Waals surface area contributed by atoms with Crippen LogP contribution in [-0.4, -0.2) is 33.1 Å². The Hall–Kier alpha value is -2.79. The third-order valence-electron chi connectivity index (χ3n) is 4.50. The minimum atomic E-state index is -4.62. The van der Waals surface area contributed by atoms with Gasteiger partial charge in [0.2, 0.25) is 5.91 Å². The van der Waals surface area contributed by atoms with Gasteiger partial charge in [-0.25, -0.2) is 8.42 Å². The molecule has 0 aliphatic rings. The maximum atomic E-state index is 12.9. The number of hydrogen-bond acceptors (Lipinski definition) is 5. The van der Waals surface area contributed by atoms with E-state index in [-0.39, 0.29) is 34.5 Å². The zero-order valence-electron chi connectivity index (χ0n) is 17.0. The third kappa shape index (κ3) is 6.11. The van der Waals surface area contributed by atoms with Crippen molar-refractivity contribution in [3.05, 3.63) is 48.0 Å². The molecule has 0 fully saturated rings. The first kappa shape index (κ1) is 24.5. The number of aliphatic hydroxyl groups excluding tert-OH is 1. The highest BCUT2D eigenvalue weighted by Gasteiger charge is 2.31. The van der Waals surface area contributed by atoms with Crippen molar-refractivity contribution in [3.63, 3.8) is 0 Å². The molecule has 1 unspecified atom stereocenters. The number of amides is 1. The summed E-state index contributed by atoms with van der Waals surface area (Å²) in [5.41, 5.74) is -1.03. The van der Waals surface area contributed by atoms with Gasteiger partial charge in [-0.1, -0.05) is 19.9 Å². The van der Waals surface area contributed by atoms with Gasteiger partial charge < -0.3 is 15.2 Å². The Labute approximate surface area is 178 Å². The van der Waals surface area contributed by atoms with Gasteiger partial charge in [-0.15, -0.1) is 0 Å². The zero-order chi connectivity index (χ0) is 23.4. The Kier molecular flexibility index (Phi) is 7.55. The van der Waals surface area contributed by atoms with Gasteiger partial charge in [0.05, 0.1) is 25.2 Å². The van der Waals surface area contributed by atoms with Crippen LogP contribution in [0, 0.1) is 11.8 Å². The molecule has 0 radical (unpaired) electrons. The number of carbonyl (C=O) groups is 1. The molecule has 0 aromatic heterocycles. The number of ether oxygens (including phenoxy) is 1. The minimum absolute atomic E-state index is 0.122. The molecule has 0 aliphatic carbocycles. The van der Waals surface area contributed by atoms with Gasteiger partial charge in [0.15, 0.2) is 0 Å². The molecule has 0 saturated carbocycles. The number of alkyl halides is 3. The summed E-state index contributed by atoms with van der Waals surface area (Å²) in [4.78, 5) is 12.0. The molecule has 170 valence electrons. The lowest BCUT2D eigenvalue weighted by Crippen LogP contribution is -2.29. The standard InChI is InChI=1S/C20H23F3N2O5S/c1-12(2)16(11-26)19(27)24-14-7-8-18(17(10-14)30-3)31(28,29)25-15-6-4-5-13(9-15)20(21,22)23/h4-10,12,16,25-26H,11H2,1-3H3,(H,24,27). The van der Waals surface area contributed by atoms with Crippen LogP contribution in [0.25, 0.3) is 0 Å². The quantitative estimate of drug-likeness (QED) is 0.557. The van der Waals surface area contributed by atoms with Crippen molar-refractivity contribution in [3.8, 4) is 5.75 Å². The molecule has 3 N–H and O–H groups in total. The average molecular weight is 460 g/mol. The van der Waals surface area contributed by atoms with Crippen LogP contribution in [0.2, 0.25) is 0 Å². The van der Waals surface area contributed by atoms with Gasteiger partial charge in [-0.3, -0.25) is 9.52 Å². The third-order valence-corrected chi connectivity index (χ3v) is 5.92. The smallest absolute Gasteiger partial charge is 0.416 e. The normalized spacial score (nSPS) is 13.0. The second kappa shape index (κ2) is 9.56. The molecule has 7 nitrogen and oxygen atoms in total. The average Bonchev–Trinajstić information content (AvgIpc) is 2.67. The number of hydrogen-bond donors (Lipinski definition) is 3. The summed E-state index contributed by atoms with van der Waals surface area (Å²) in [5, 5.41) is 11.9. The number of methoxy groups -OCH3 is 1. The van der Waals surface area contributed by atoms with Crippen LogP contribution in [0.3, 0.4) is 0 Å². The number of rotatable bonds is 8. The lowest BCUT2D eigenvalue weighted by atomic mass is 9.96. The topological polar surface area (TPSA) is 105 Å². The van der Waals surface area contributed by atoms with Crippen LogP contribution in [0.4, 0.5) is 24.5 Å². The predicted molar refractivity (Wildman–Crippen MR) is 109 cm³/mol. The maximum absolute atomic E-state index is 12.9. The summed E-state index contributed by atoms with van der Waals surface area (Å²) in [5.74, 6) is -1.35. The molecule has 1 amide bonds. The van der Waals surface area contributed by atoms with Crippen LogP contribution in [0.5, 0.6) is 5.75 Å². The summed E-state index contributed by atoms with van der Waals surface area (Å²) >= 11 is 0. The van der Waals surface area contributed by atoms with Crippen LogP contribution in [0.15, 0.2) is 47.4 Å². The fourth-order valence-corrected chi connectivity index (χ4v) is 3.97. The lowest BCUT2D eigenvalue weighted by Gasteiger charge is -2.18. The minimum Gasteiger partial charge on any atom is -0.495 e. The van der Waals surface area contributed by atoms with Gasteiger partial charge in [-0.05, 0) is 36.2 Å². The molecule has 2 aromatic rings. The summed E-state index contributed by atoms with van der Waals surface area (Å²) in [7, 11) is -3.08. The highest BCUT2D eigenvalue weighted by Crippen LogP contribution is 2.33. The van der Waals surface area contributed by atoms with Gasteiger partial charge in [0.25, 0.3) is 10.0 Å². The number of aliphatic hydroxyl groups is 1. The van der Waals surface area contributed by atoms with Gasteiger partial charge >= 0.3 is 6.18 Å². The van der Waals surface area contributed by atoms with Crippen molar-refractivity contribution in [2.45, 2.75) is 24.9 Å². The molecule has 0 spiro atoms. The zero-order valence-corrected chi connectivity index (χ0v) is 17.8. The summed E-state index contributed by atoms with van der Waals surface area (Å²) < 4.78 is 71.3. The molecular formula is C20H23F3N2O5S. The molecule has 2 rings (SSSR count). The number of anilines is 2. The van der Waals surface area contributed by atoms with Crippen LogP contribution in [-0.2, 0) is 21.0 Å². The first-order valence-corrected chi connectivity index (χ1v) is 10.7. The highest BCUT2D eigenvalue weighted by molar-refractivity contribution is 7.92. The summed E-state index contributed by atoms with van der Waals surface area (Å²) in [6.07, 6.45) is -4.62. The monoisotopic (exact) mass is 460 g/mol. The highest BCUT2D eigenvalue weighted by atomic mass is 32.2. The van der Waals surface area contributed by atoms with E-state index in [0.717, 1.165) is 18.2 Å². The first-order chi connectivity index (χ1) is 14.4. The van der Waals surface area contributed by atoms with Crippen molar-refractivity contribution >= 4 is 27.3 Å². The number of nitrogens with one attached hydrogen (secondary N) is 2.